The summed E-state index contributed by atoms with van der Waals surface area (Å²) in [6.07, 6.45) is 4.64. The summed E-state index contributed by atoms with van der Waals surface area (Å²) in [6.45, 7) is 0. The number of rotatable bonds is 6. The molecule has 0 saturated carbocycles. The van der Waals surface area contributed by atoms with Crippen LogP contribution in [0.5, 0.6) is 0 Å². The molecule has 0 N–H and O–H groups in total. The fourth-order valence-electron chi connectivity index (χ4n) is 2.78. The van der Waals surface area contributed by atoms with Crippen LogP contribution in [0.15, 0.2) is 46.5 Å². The van der Waals surface area contributed by atoms with E-state index in [1.54, 1.807) is 6.07 Å². The number of sulfonamides is 1. The maximum atomic E-state index is 12.4. The number of aryl methyl sites for hydroxylation is 2. The molecule has 0 saturated heterocycles. The molecule has 5 nitrogen and oxygen atoms in total. The maximum absolute atomic E-state index is 12.4. The van der Waals surface area contributed by atoms with Crippen molar-refractivity contribution in [2.24, 2.45) is 0 Å². The van der Waals surface area contributed by atoms with E-state index in [1.165, 1.54) is 49.2 Å². The molecular weight excluding hydrogens is 356 g/mol. The zero-order valence-electron chi connectivity index (χ0n) is 14.2. The SMILES string of the molecule is CN(C)S(=O)(=O)c1ccc(SCC(=O)c2ccc3c(c2)CCC3)nc1. The molecule has 0 atom stereocenters. The summed E-state index contributed by atoms with van der Waals surface area (Å²) in [7, 11) is -0.520. The lowest BCUT2D eigenvalue weighted by Crippen LogP contribution is -2.22. The van der Waals surface area contributed by atoms with Gasteiger partial charge in [-0.3, -0.25) is 4.79 Å². The summed E-state index contributed by atoms with van der Waals surface area (Å²) in [5.74, 6) is 0.345. The number of Topliss-reactive ketones (excluding diaryl/α,β-unsaturated/α-hetero) is 1. The van der Waals surface area contributed by atoms with Gasteiger partial charge in [0.05, 0.1) is 10.8 Å². The van der Waals surface area contributed by atoms with Crippen molar-refractivity contribution < 1.29 is 13.2 Å². The number of hydrogen-bond acceptors (Lipinski definition) is 5. The number of ketones is 1. The number of pyridine rings is 1. The number of fused-ring (bicyclic) bond motifs is 1. The summed E-state index contributed by atoms with van der Waals surface area (Å²) in [5.41, 5.74) is 3.37. The number of carbonyl (C=O) groups excluding carboxylic acids is 1. The number of nitrogens with zero attached hydrogens (tertiary/aromatic N) is 2. The largest absolute Gasteiger partial charge is 0.293 e. The van der Waals surface area contributed by atoms with Crippen LogP contribution >= 0.6 is 11.8 Å². The fraction of sp³-hybridized carbons (Fsp3) is 0.333. The molecule has 0 bridgehead atoms. The van der Waals surface area contributed by atoms with E-state index in [2.05, 4.69) is 11.1 Å². The minimum atomic E-state index is -3.48. The quantitative estimate of drug-likeness (QED) is 0.573. The van der Waals surface area contributed by atoms with E-state index in [0.717, 1.165) is 29.1 Å². The van der Waals surface area contributed by atoms with Gasteiger partial charge in [-0.1, -0.05) is 23.9 Å². The molecule has 7 heteroatoms. The molecule has 25 heavy (non-hydrogen) atoms. The third kappa shape index (κ3) is 3.94. The Bertz CT molecular complexity index is 891. The van der Waals surface area contributed by atoms with Gasteiger partial charge in [-0.15, -0.1) is 0 Å². The molecule has 132 valence electrons. The third-order valence-electron chi connectivity index (χ3n) is 4.26. The standard InChI is InChI=1S/C18H20N2O3S2/c1-20(2)25(22,23)16-8-9-18(19-11-16)24-12-17(21)15-7-6-13-4-3-5-14(13)10-15/h6-11H,3-5,12H2,1-2H3. The number of thioether (sulfide) groups is 1. The van der Waals surface area contributed by atoms with Gasteiger partial charge in [-0.2, -0.15) is 0 Å². The first-order valence-electron chi connectivity index (χ1n) is 8.04. The summed E-state index contributed by atoms with van der Waals surface area (Å²) >= 11 is 1.32. The van der Waals surface area contributed by atoms with E-state index < -0.39 is 10.0 Å². The molecule has 1 aliphatic carbocycles. The Morgan fingerprint density at radius 1 is 1.16 bits per heavy atom. The molecule has 0 amide bonds. The van der Waals surface area contributed by atoms with E-state index in [0.29, 0.717) is 5.03 Å². The van der Waals surface area contributed by atoms with Crippen LogP contribution in [0.3, 0.4) is 0 Å². The van der Waals surface area contributed by atoms with Crippen molar-refractivity contribution in [1.82, 2.24) is 9.29 Å². The second kappa shape index (κ2) is 7.27. The Hall–Kier alpha value is -1.70. The lowest BCUT2D eigenvalue weighted by atomic mass is 10.0. The van der Waals surface area contributed by atoms with Crippen LogP contribution in [0.25, 0.3) is 0 Å². The number of benzene rings is 1. The summed E-state index contributed by atoms with van der Waals surface area (Å²) in [5, 5.41) is 0.632. The monoisotopic (exact) mass is 376 g/mol. The minimum Gasteiger partial charge on any atom is -0.293 e. The minimum absolute atomic E-state index is 0.0616. The van der Waals surface area contributed by atoms with Gasteiger partial charge >= 0.3 is 0 Å². The molecule has 1 aromatic heterocycles. The van der Waals surface area contributed by atoms with Gasteiger partial charge in [0.1, 0.15) is 4.90 Å². The van der Waals surface area contributed by atoms with E-state index in [4.69, 9.17) is 0 Å². The highest BCUT2D eigenvalue weighted by atomic mass is 32.2. The molecule has 0 radical (unpaired) electrons. The van der Waals surface area contributed by atoms with Crippen molar-refractivity contribution in [2.75, 3.05) is 19.8 Å². The average molecular weight is 377 g/mol. The summed E-state index contributed by atoms with van der Waals surface area (Å²) in [6, 6.07) is 9.11. The Balaban J connectivity index is 1.64. The van der Waals surface area contributed by atoms with Crippen LogP contribution < -0.4 is 0 Å². The van der Waals surface area contributed by atoms with Crippen LogP contribution in [0, 0.1) is 0 Å². The third-order valence-corrected chi connectivity index (χ3v) is 7.00. The van der Waals surface area contributed by atoms with Crippen molar-refractivity contribution in [1.29, 1.82) is 0 Å². The first-order valence-corrected chi connectivity index (χ1v) is 10.5. The van der Waals surface area contributed by atoms with Gasteiger partial charge in [0, 0.05) is 25.9 Å². The summed E-state index contributed by atoms with van der Waals surface area (Å²) in [4.78, 5) is 16.7. The van der Waals surface area contributed by atoms with Crippen LogP contribution in [-0.4, -0.2) is 43.3 Å². The Morgan fingerprint density at radius 3 is 2.60 bits per heavy atom. The van der Waals surface area contributed by atoms with Gasteiger partial charge in [0.2, 0.25) is 10.0 Å². The predicted molar refractivity (Wildman–Crippen MR) is 98.6 cm³/mol. The zero-order valence-corrected chi connectivity index (χ0v) is 15.9. The molecule has 0 fully saturated rings. The lowest BCUT2D eigenvalue weighted by Gasteiger charge is -2.11. The molecule has 0 unspecified atom stereocenters. The van der Waals surface area contributed by atoms with Crippen LogP contribution in [-0.2, 0) is 22.9 Å². The molecule has 0 aliphatic heterocycles. The average Bonchev–Trinajstić information content (AvgIpc) is 3.07. The van der Waals surface area contributed by atoms with E-state index >= 15 is 0 Å². The van der Waals surface area contributed by atoms with Gasteiger partial charge in [0.25, 0.3) is 0 Å². The highest BCUT2D eigenvalue weighted by Gasteiger charge is 2.18. The Kier molecular flexibility index (Phi) is 5.27. The highest BCUT2D eigenvalue weighted by Crippen LogP contribution is 2.24. The fourth-order valence-corrected chi connectivity index (χ4v) is 4.37. The molecular formula is C18H20N2O3S2. The molecule has 1 aliphatic rings. The zero-order chi connectivity index (χ0) is 18.0. The number of carbonyl (C=O) groups is 1. The molecule has 3 rings (SSSR count). The van der Waals surface area contributed by atoms with Crippen molar-refractivity contribution in [3.8, 4) is 0 Å². The summed E-state index contributed by atoms with van der Waals surface area (Å²) < 4.78 is 25.2. The topological polar surface area (TPSA) is 67.3 Å². The second-order valence-corrected chi connectivity index (χ2v) is 9.32. The molecule has 0 spiro atoms. The van der Waals surface area contributed by atoms with Crippen molar-refractivity contribution in [2.45, 2.75) is 29.2 Å². The molecule has 2 aromatic rings. The molecule has 1 heterocycles. The highest BCUT2D eigenvalue weighted by molar-refractivity contribution is 7.99. The first kappa shape index (κ1) is 18.1. The second-order valence-electron chi connectivity index (χ2n) is 6.17. The lowest BCUT2D eigenvalue weighted by molar-refractivity contribution is 0.102. The van der Waals surface area contributed by atoms with Gasteiger partial charge in [-0.25, -0.2) is 17.7 Å². The van der Waals surface area contributed by atoms with Gasteiger partial charge in [-0.05, 0) is 48.6 Å². The van der Waals surface area contributed by atoms with E-state index in [-0.39, 0.29) is 16.4 Å². The Labute approximate surface area is 152 Å². The van der Waals surface area contributed by atoms with Crippen LogP contribution in [0.4, 0.5) is 0 Å². The Morgan fingerprint density at radius 2 is 1.92 bits per heavy atom. The predicted octanol–water partition coefficient (Wildman–Crippen LogP) is 2.80. The number of aromatic nitrogens is 1. The van der Waals surface area contributed by atoms with Crippen LogP contribution in [0.2, 0.25) is 0 Å². The number of hydrogen-bond donors (Lipinski definition) is 0. The van der Waals surface area contributed by atoms with Crippen molar-refractivity contribution in [3.05, 3.63) is 53.2 Å². The normalized spacial score (nSPS) is 13.9. The maximum Gasteiger partial charge on any atom is 0.244 e. The first-order chi connectivity index (χ1) is 11.9. The van der Waals surface area contributed by atoms with Gasteiger partial charge < -0.3 is 0 Å². The molecule has 1 aromatic carbocycles. The van der Waals surface area contributed by atoms with E-state index in [1.807, 2.05) is 12.1 Å². The smallest absolute Gasteiger partial charge is 0.244 e. The van der Waals surface area contributed by atoms with Crippen LogP contribution in [0.1, 0.15) is 27.9 Å². The van der Waals surface area contributed by atoms with E-state index in [9.17, 15) is 13.2 Å². The van der Waals surface area contributed by atoms with Gasteiger partial charge in [0.15, 0.2) is 5.78 Å². The van der Waals surface area contributed by atoms with Crippen molar-refractivity contribution >= 4 is 27.6 Å². The van der Waals surface area contributed by atoms with Crippen molar-refractivity contribution in [3.63, 3.8) is 0 Å².